The third kappa shape index (κ3) is 6.00. The van der Waals surface area contributed by atoms with E-state index in [0.717, 1.165) is 13.1 Å². The van der Waals surface area contributed by atoms with Gasteiger partial charge < -0.3 is 19.5 Å². The molecule has 0 aromatic rings. The number of nitrogens with zero attached hydrogens (tertiary/aromatic N) is 1. The lowest BCUT2D eigenvalue weighted by Gasteiger charge is -2.20. The molecule has 0 amide bonds. The molecule has 0 aromatic carbocycles. The van der Waals surface area contributed by atoms with E-state index >= 15 is 0 Å². The summed E-state index contributed by atoms with van der Waals surface area (Å²) in [5.74, 6) is -1.03. The molecule has 1 aliphatic rings. The van der Waals surface area contributed by atoms with Crippen molar-refractivity contribution in [1.82, 2.24) is 4.90 Å². The highest BCUT2D eigenvalue weighted by atomic mass is 16.5. The van der Waals surface area contributed by atoms with Crippen LogP contribution in [0, 0.1) is 5.92 Å². The second-order valence-electron chi connectivity index (χ2n) is 4.44. The molecule has 100 valence electrons. The first kappa shape index (κ1) is 14.4. The van der Waals surface area contributed by atoms with Gasteiger partial charge in [0.2, 0.25) is 0 Å². The summed E-state index contributed by atoms with van der Waals surface area (Å²) >= 11 is 0. The minimum Gasteiger partial charge on any atom is -0.481 e. The first-order chi connectivity index (χ1) is 8.24. The second-order valence-corrected chi connectivity index (χ2v) is 4.44. The lowest BCUT2D eigenvalue weighted by Crippen LogP contribution is -2.32. The van der Waals surface area contributed by atoms with Crippen LogP contribution in [-0.4, -0.2) is 62.5 Å². The Kier molecular flexibility index (Phi) is 7.16. The molecule has 1 aliphatic heterocycles. The minimum atomic E-state index is -0.716. The summed E-state index contributed by atoms with van der Waals surface area (Å²) in [6.45, 7) is 4.32. The predicted octanol–water partition coefficient (Wildman–Crippen LogP) is 0.836. The minimum absolute atomic E-state index is 0.310. The van der Waals surface area contributed by atoms with Crippen LogP contribution in [0.5, 0.6) is 0 Å². The molecule has 5 heteroatoms. The van der Waals surface area contributed by atoms with E-state index in [1.165, 1.54) is 12.8 Å². The highest BCUT2D eigenvalue weighted by Crippen LogP contribution is 2.13. The molecule has 1 heterocycles. The molecule has 1 rings (SSSR count). The third-order valence-electron chi connectivity index (χ3n) is 3.07. The summed E-state index contributed by atoms with van der Waals surface area (Å²) in [6, 6.07) is 0. The SMILES string of the molecule is COCCOCCC(CN1CCCC1)C(=O)O. The summed E-state index contributed by atoms with van der Waals surface area (Å²) in [7, 11) is 1.62. The number of hydrogen-bond acceptors (Lipinski definition) is 4. The second kappa shape index (κ2) is 8.44. The van der Waals surface area contributed by atoms with Gasteiger partial charge in [-0.3, -0.25) is 4.79 Å². The van der Waals surface area contributed by atoms with Crippen LogP contribution >= 0.6 is 0 Å². The maximum atomic E-state index is 11.1. The van der Waals surface area contributed by atoms with Gasteiger partial charge in [-0.15, -0.1) is 0 Å². The quantitative estimate of drug-likeness (QED) is 0.610. The van der Waals surface area contributed by atoms with Crippen molar-refractivity contribution in [2.75, 3.05) is 46.6 Å². The Balaban J connectivity index is 2.16. The first-order valence-electron chi connectivity index (χ1n) is 6.26. The highest BCUT2D eigenvalue weighted by molar-refractivity contribution is 5.70. The van der Waals surface area contributed by atoms with Crippen LogP contribution in [-0.2, 0) is 14.3 Å². The third-order valence-corrected chi connectivity index (χ3v) is 3.07. The summed E-state index contributed by atoms with van der Waals surface area (Å²) in [4.78, 5) is 13.3. The van der Waals surface area contributed by atoms with Crippen molar-refractivity contribution in [3.05, 3.63) is 0 Å². The molecule has 0 spiro atoms. The van der Waals surface area contributed by atoms with Gasteiger partial charge in [0.25, 0.3) is 0 Å². The number of aliphatic carboxylic acids is 1. The summed E-state index contributed by atoms with van der Waals surface area (Å²) in [5, 5.41) is 9.13. The zero-order valence-corrected chi connectivity index (χ0v) is 10.6. The number of rotatable bonds is 9. The van der Waals surface area contributed by atoms with E-state index in [2.05, 4.69) is 4.90 Å². The number of carboxylic acid groups (broad SMARTS) is 1. The molecule has 0 aromatic heterocycles. The maximum Gasteiger partial charge on any atom is 0.307 e. The molecule has 0 bridgehead atoms. The van der Waals surface area contributed by atoms with Crippen LogP contribution in [0.1, 0.15) is 19.3 Å². The monoisotopic (exact) mass is 245 g/mol. The summed E-state index contributed by atoms with van der Waals surface area (Å²) < 4.78 is 10.2. The Hall–Kier alpha value is -0.650. The number of hydrogen-bond donors (Lipinski definition) is 1. The van der Waals surface area contributed by atoms with Crippen molar-refractivity contribution in [2.24, 2.45) is 5.92 Å². The molecule has 0 radical (unpaired) electrons. The predicted molar refractivity (Wildman–Crippen MR) is 64.1 cm³/mol. The number of carbonyl (C=O) groups is 1. The fourth-order valence-corrected chi connectivity index (χ4v) is 2.04. The van der Waals surface area contributed by atoms with Crippen LogP contribution in [0.4, 0.5) is 0 Å². The zero-order chi connectivity index (χ0) is 12.5. The molecular weight excluding hydrogens is 222 g/mol. The van der Waals surface area contributed by atoms with E-state index in [4.69, 9.17) is 14.6 Å². The average molecular weight is 245 g/mol. The molecule has 1 atom stereocenters. The van der Waals surface area contributed by atoms with Gasteiger partial charge in [-0.25, -0.2) is 0 Å². The van der Waals surface area contributed by atoms with E-state index in [9.17, 15) is 4.79 Å². The Morgan fingerprint density at radius 3 is 2.59 bits per heavy atom. The molecule has 1 fully saturated rings. The lowest BCUT2D eigenvalue weighted by molar-refractivity contribution is -0.143. The first-order valence-corrected chi connectivity index (χ1v) is 6.26. The van der Waals surface area contributed by atoms with Gasteiger partial charge in [-0.2, -0.15) is 0 Å². The van der Waals surface area contributed by atoms with Gasteiger partial charge in [0.1, 0.15) is 0 Å². The molecular formula is C12H23NO4. The van der Waals surface area contributed by atoms with Crippen LogP contribution < -0.4 is 0 Å². The largest absolute Gasteiger partial charge is 0.481 e. The van der Waals surface area contributed by atoms with Crippen LogP contribution in [0.2, 0.25) is 0 Å². The molecule has 1 N–H and O–H groups in total. The van der Waals surface area contributed by atoms with Gasteiger partial charge in [0.05, 0.1) is 19.1 Å². The Labute approximate surface area is 103 Å². The van der Waals surface area contributed by atoms with Crippen molar-refractivity contribution in [1.29, 1.82) is 0 Å². The topological polar surface area (TPSA) is 59.0 Å². The zero-order valence-electron chi connectivity index (χ0n) is 10.6. The Morgan fingerprint density at radius 1 is 1.29 bits per heavy atom. The molecule has 0 aliphatic carbocycles. The molecule has 5 nitrogen and oxygen atoms in total. The summed E-state index contributed by atoms with van der Waals surface area (Å²) in [5.41, 5.74) is 0. The Bertz CT molecular complexity index is 217. The smallest absolute Gasteiger partial charge is 0.307 e. The number of methoxy groups -OCH3 is 1. The highest BCUT2D eigenvalue weighted by Gasteiger charge is 2.22. The van der Waals surface area contributed by atoms with Crippen molar-refractivity contribution >= 4 is 5.97 Å². The summed E-state index contributed by atoms with van der Waals surface area (Å²) in [6.07, 6.45) is 2.96. The van der Waals surface area contributed by atoms with Crippen LogP contribution in [0.25, 0.3) is 0 Å². The molecule has 1 saturated heterocycles. The van der Waals surface area contributed by atoms with E-state index in [0.29, 0.717) is 32.8 Å². The molecule has 17 heavy (non-hydrogen) atoms. The van der Waals surface area contributed by atoms with Gasteiger partial charge >= 0.3 is 5.97 Å². The van der Waals surface area contributed by atoms with Gasteiger partial charge in [0, 0.05) is 20.3 Å². The van der Waals surface area contributed by atoms with Crippen LogP contribution in [0.15, 0.2) is 0 Å². The maximum absolute atomic E-state index is 11.1. The van der Waals surface area contributed by atoms with E-state index in [1.54, 1.807) is 7.11 Å². The van der Waals surface area contributed by atoms with Gasteiger partial charge in [-0.1, -0.05) is 0 Å². The van der Waals surface area contributed by atoms with Crippen molar-refractivity contribution in [3.63, 3.8) is 0 Å². The van der Waals surface area contributed by atoms with E-state index < -0.39 is 5.97 Å². The lowest BCUT2D eigenvalue weighted by atomic mass is 10.1. The van der Waals surface area contributed by atoms with Crippen molar-refractivity contribution < 1.29 is 19.4 Å². The standard InChI is InChI=1S/C12H23NO4/c1-16-8-9-17-7-4-11(12(14)15)10-13-5-2-3-6-13/h11H,2-10H2,1H3,(H,14,15). The van der Waals surface area contributed by atoms with E-state index in [1.807, 2.05) is 0 Å². The van der Waals surface area contributed by atoms with E-state index in [-0.39, 0.29) is 5.92 Å². The fraction of sp³-hybridized carbons (Fsp3) is 0.917. The number of likely N-dealkylation sites (tertiary alicyclic amines) is 1. The fourth-order valence-electron chi connectivity index (χ4n) is 2.04. The molecule has 1 unspecified atom stereocenters. The van der Waals surface area contributed by atoms with Gasteiger partial charge in [-0.05, 0) is 32.4 Å². The van der Waals surface area contributed by atoms with Crippen molar-refractivity contribution in [3.8, 4) is 0 Å². The van der Waals surface area contributed by atoms with Gasteiger partial charge in [0.15, 0.2) is 0 Å². The average Bonchev–Trinajstić information content (AvgIpc) is 2.79. The number of ether oxygens (including phenoxy) is 2. The Morgan fingerprint density at radius 2 is 2.00 bits per heavy atom. The number of carboxylic acids is 1. The van der Waals surface area contributed by atoms with Crippen molar-refractivity contribution in [2.45, 2.75) is 19.3 Å². The normalized spacial score (nSPS) is 18.4. The van der Waals surface area contributed by atoms with Crippen LogP contribution in [0.3, 0.4) is 0 Å². The molecule has 0 saturated carbocycles.